The van der Waals surface area contributed by atoms with Crippen LogP contribution in [-0.2, 0) is 14.4 Å². The van der Waals surface area contributed by atoms with Crippen LogP contribution in [0.5, 0.6) is 0 Å². The lowest BCUT2D eigenvalue weighted by Gasteiger charge is -2.09. The number of carbonyl (C=O) groups excluding carboxylic acids is 2. The maximum atomic E-state index is 12.0. The molecule has 0 fully saturated rings. The van der Waals surface area contributed by atoms with Crippen LogP contribution in [0.1, 0.15) is 201 Å². The zero-order valence-electron chi connectivity index (χ0n) is 32.2. The molecule has 8 nitrogen and oxygen atoms in total. The Morgan fingerprint density at radius 3 is 0.833 bits per heavy atom. The van der Waals surface area contributed by atoms with Crippen LogP contribution in [0.3, 0.4) is 0 Å². The number of carbonyl (C=O) groups is 3. The van der Waals surface area contributed by atoms with Gasteiger partial charge in [0.25, 0.3) is 5.97 Å². The zero-order chi connectivity index (χ0) is 35.6. The smallest absolute Gasteiger partial charge is 0.300 e. The number of carboxylic acids is 1. The fraction of sp³-hybridized carbons (Fsp3) is 0.925. The molecule has 0 aliphatic carbocycles. The standard InChI is InChI=1S/C38H78N4O2.C2H4O2/c1-3-5-7-9-11-13-15-17-19-21-23-25-27-29-37(43)41-35-33-39-31-32-40-34-36-42-38(44)30-28-26-24-22-20-18-16-14-12-10-8-6-4-2;1-2(3)4/h39-40H,3-36H2,1-2H3,(H,41,43)(H,42,44);1H3,(H,3,4). The van der Waals surface area contributed by atoms with Crippen LogP contribution in [0.15, 0.2) is 0 Å². The maximum Gasteiger partial charge on any atom is 0.300 e. The van der Waals surface area contributed by atoms with E-state index in [-0.39, 0.29) is 11.8 Å². The predicted octanol–water partition coefficient (Wildman–Crippen LogP) is 9.45. The second-order valence-electron chi connectivity index (χ2n) is 13.7. The van der Waals surface area contributed by atoms with E-state index in [1.165, 1.54) is 154 Å². The van der Waals surface area contributed by atoms with Gasteiger partial charge in [0.15, 0.2) is 0 Å². The van der Waals surface area contributed by atoms with Crippen LogP contribution >= 0.6 is 0 Å². The lowest BCUT2D eigenvalue weighted by molar-refractivity contribution is -0.134. The summed E-state index contributed by atoms with van der Waals surface area (Å²) in [4.78, 5) is 33.0. The number of nitrogens with one attached hydrogen (secondary N) is 4. The summed E-state index contributed by atoms with van der Waals surface area (Å²) in [6, 6.07) is 0. The van der Waals surface area contributed by atoms with Gasteiger partial charge < -0.3 is 26.4 Å². The van der Waals surface area contributed by atoms with E-state index in [2.05, 4.69) is 35.1 Å². The third-order valence-electron chi connectivity index (χ3n) is 8.74. The molecule has 0 aliphatic heterocycles. The fourth-order valence-electron chi connectivity index (χ4n) is 5.79. The van der Waals surface area contributed by atoms with Gasteiger partial charge in [0.05, 0.1) is 0 Å². The normalized spacial score (nSPS) is 10.8. The highest BCUT2D eigenvalue weighted by molar-refractivity contribution is 5.76. The van der Waals surface area contributed by atoms with E-state index < -0.39 is 5.97 Å². The first kappa shape index (κ1) is 48.4. The Bertz CT molecular complexity index is 624. The molecule has 0 heterocycles. The highest BCUT2D eigenvalue weighted by Crippen LogP contribution is 2.14. The number of rotatable bonds is 37. The Labute approximate surface area is 297 Å². The molecule has 286 valence electrons. The van der Waals surface area contributed by atoms with Crippen LogP contribution in [0, 0.1) is 0 Å². The minimum Gasteiger partial charge on any atom is -0.481 e. The van der Waals surface area contributed by atoms with Crippen molar-refractivity contribution in [1.29, 1.82) is 0 Å². The molecule has 0 aromatic rings. The van der Waals surface area contributed by atoms with E-state index in [9.17, 15) is 9.59 Å². The summed E-state index contributed by atoms with van der Waals surface area (Å²) in [5.74, 6) is -0.468. The molecule has 8 heteroatoms. The molecule has 0 aliphatic rings. The van der Waals surface area contributed by atoms with Crippen LogP contribution in [0.25, 0.3) is 0 Å². The van der Waals surface area contributed by atoms with Crippen molar-refractivity contribution in [1.82, 2.24) is 21.3 Å². The van der Waals surface area contributed by atoms with E-state index >= 15 is 0 Å². The second-order valence-corrected chi connectivity index (χ2v) is 13.7. The summed E-state index contributed by atoms with van der Waals surface area (Å²) in [6.07, 6.45) is 35.9. The molecular weight excluding hydrogens is 600 g/mol. The van der Waals surface area contributed by atoms with Crippen molar-refractivity contribution in [3.8, 4) is 0 Å². The van der Waals surface area contributed by atoms with Crippen molar-refractivity contribution in [2.45, 2.75) is 201 Å². The third-order valence-corrected chi connectivity index (χ3v) is 8.74. The molecule has 0 aromatic heterocycles. The quantitative estimate of drug-likeness (QED) is 0.0417. The van der Waals surface area contributed by atoms with Crippen LogP contribution in [-0.4, -0.2) is 62.2 Å². The highest BCUT2D eigenvalue weighted by Gasteiger charge is 2.02. The number of aliphatic carboxylic acids is 1. The lowest BCUT2D eigenvalue weighted by atomic mass is 10.0. The van der Waals surface area contributed by atoms with Crippen molar-refractivity contribution in [2.24, 2.45) is 0 Å². The molecule has 0 rings (SSSR count). The molecule has 0 spiro atoms. The molecule has 0 saturated heterocycles. The van der Waals surface area contributed by atoms with Gasteiger partial charge >= 0.3 is 0 Å². The number of carboxylic acid groups (broad SMARTS) is 1. The first-order valence-corrected chi connectivity index (χ1v) is 20.6. The number of unbranched alkanes of at least 4 members (excludes halogenated alkanes) is 24. The van der Waals surface area contributed by atoms with Crippen LogP contribution in [0.4, 0.5) is 0 Å². The lowest BCUT2D eigenvalue weighted by Crippen LogP contribution is -2.37. The van der Waals surface area contributed by atoms with E-state index in [4.69, 9.17) is 9.90 Å². The van der Waals surface area contributed by atoms with Gasteiger partial charge in [-0.05, 0) is 12.8 Å². The van der Waals surface area contributed by atoms with Crippen molar-refractivity contribution in [3.05, 3.63) is 0 Å². The van der Waals surface area contributed by atoms with Gasteiger partial charge in [-0.1, -0.05) is 168 Å². The van der Waals surface area contributed by atoms with Gasteiger partial charge in [0.2, 0.25) is 11.8 Å². The van der Waals surface area contributed by atoms with Gasteiger partial charge in [-0.25, -0.2) is 0 Å². The molecule has 0 atom stereocenters. The summed E-state index contributed by atoms with van der Waals surface area (Å²) in [5.41, 5.74) is 0. The van der Waals surface area contributed by atoms with Crippen molar-refractivity contribution < 1.29 is 19.5 Å². The molecular formula is C40H82N4O4. The zero-order valence-corrected chi connectivity index (χ0v) is 32.2. The van der Waals surface area contributed by atoms with Crippen LogP contribution < -0.4 is 21.3 Å². The Hall–Kier alpha value is -1.67. The molecule has 48 heavy (non-hydrogen) atoms. The summed E-state index contributed by atoms with van der Waals surface area (Å²) in [7, 11) is 0. The highest BCUT2D eigenvalue weighted by atomic mass is 16.4. The average molecular weight is 683 g/mol. The number of amides is 2. The van der Waals surface area contributed by atoms with E-state index in [0.29, 0.717) is 25.9 Å². The molecule has 0 saturated carbocycles. The molecule has 0 radical (unpaired) electrons. The van der Waals surface area contributed by atoms with Gasteiger partial charge in [0, 0.05) is 59.0 Å². The number of hydrogen-bond acceptors (Lipinski definition) is 5. The summed E-state index contributed by atoms with van der Waals surface area (Å²) in [5, 5.41) is 20.2. The average Bonchev–Trinajstić information content (AvgIpc) is 3.06. The third kappa shape index (κ3) is 48.7. The predicted molar refractivity (Wildman–Crippen MR) is 206 cm³/mol. The topological polar surface area (TPSA) is 120 Å². The van der Waals surface area contributed by atoms with Gasteiger partial charge in [-0.15, -0.1) is 0 Å². The van der Waals surface area contributed by atoms with Crippen LogP contribution in [0.2, 0.25) is 0 Å². The van der Waals surface area contributed by atoms with Gasteiger partial charge in [-0.2, -0.15) is 0 Å². The monoisotopic (exact) mass is 683 g/mol. The van der Waals surface area contributed by atoms with Gasteiger partial charge in [0.1, 0.15) is 0 Å². The summed E-state index contributed by atoms with van der Waals surface area (Å²) in [6.45, 7) is 10.3. The Kier molecular flexibility index (Phi) is 43.8. The Morgan fingerprint density at radius 1 is 0.375 bits per heavy atom. The molecule has 0 aromatic carbocycles. The molecule has 5 N–H and O–H groups in total. The molecule has 2 amide bonds. The van der Waals surface area contributed by atoms with Crippen molar-refractivity contribution in [2.75, 3.05) is 39.3 Å². The summed E-state index contributed by atoms with van der Waals surface area (Å²) >= 11 is 0. The SMILES string of the molecule is CC(=O)O.CCCCCCCCCCCCCCCC(=O)NCCNCCNCCNC(=O)CCCCCCCCCCCCCCC. The van der Waals surface area contributed by atoms with Crippen molar-refractivity contribution in [3.63, 3.8) is 0 Å². The summed E-state index contributed by atoms with van der Waals surface area (Å²) < 4.78 is 0. The van der Waals surface area contributed by atoms with Gasteiger partial charge in [-0.3, -0.25) is 14.4 Å². The number of hydrogen-bond donors (Lipinski definition) is 5. The van der Waals surface area contributed by atoms with Crippen molar-refractivity contribution >= 4 is 17.8 Å². The minimum atomic E-state index is -0.833. The van der Waals surface area contributed by atoms with E-state index in [1.807, 2.05) is 0 Å². The maximum absolute atomic E-state index is 12.0. The molecule has 0 unspecified atom stereocenters. The minimum absolute atomic E-state index is 0.183. The van der Waals surface area contributed by atoms with E-state index in [1.54, 1.807) is 0 Å². The molecule has 0 bridgehead atoms. The Balaban J connectivity index is 0. The Morgan fingerprint density at radius 2 is 0.583 bits per heavy atom. The second kappa shape index (κ2) is 43.4. The largest absolute Gasteiger partial charge is 0.481 e. The first-order chi connectivity index (χ1) is 23.4. The first-order valence-electron chi connectivity index (χ1n) is 20.6. The van der Waals surface area contributed by atoms with E-state index in [0.717, 1.165) is 45.9 Å². The fourth-order valence-corrected chi connectivity index (χ4v) is 5.79.